The van der Waals surface area contributed by atoms with Crippen LogP contribution in [0.15, 0.2) is 18.3 Å². The fraction of sp³-hybridized carbons (Fsp3) is 0.600. The maximum Gasteiger partial charge on any atom is 0.0684 e. The van der Waals surface area contributed by atoms with Crippen LogP contribution < -0.4 is 5.73 Å². The molecule has 0 saturated heterocycles. The lowest BCUT2D eigenvalue weighted by Gasteiger charge is -2.26. The zero-order chi connectivity index (χ0) is 10.1. The number of nitrogens with two attached hydrogens (primary N) is 1. The number of hydrogen-bond acceptors (Lipinski definition) is 2. The molecule has 74 valence electrons. The van der Waals surface area contributed by atoms with Gasteiger partial charge in [0.25, 0.3) is 0 Å². The van der Waals surface area contributed by atoms with E-state index in [0.717, 1.165) is 5.69 Å². The minimum atomic E-state index is -0.283. The van der Waals surface area contributed by atoms with Gasteiger partial charge in [0.05, 0.1) is 12.6 Å². The zero-order valence-corrected chi connectivity index (χ0v) is 8.49. The summed E-state index contributed by atoms with van der Waals surface area (Å²) in [4.78, 5) is 0. The van der Waals surface area contributed by atoms with Crippen LogP contribution in [-0.4, -0.2) is 16.3 Å². The summed E-state index contributed by atoms with van der Waals surface area (Å²) in [7, 11) is 0. The Morgan fingerprint density at radius 3 is 2.62 bits per heavy atom. The van der Waals surface area contributed by atoms with Crippen molar-refractivity contribution in [1.29, 1.82) is 0 Å². The quantitative estimate of drug-likeness (QED) is 0.723. The fourth-order valence-electron chi connectivity index (χ4n) is 1.40. The van der Waals surface area contributed by atoms with Gasteiger partial charge in [0, 0.05) is 17.4 Å². The Hall–Kier alpha value is -0.800. The molecule has 0 saturated carbocycles. The topological polar surface area (TPSA) is 51.2 Å². The number of aromatic nitrogens is 1. The molecule has 0 aliphatic rings. The van der Waals surface area contributed by atoms with Crippen molar-refractivity contribution in [2.45, 2.75) is 32.4 Å². The smallest absolute Gasteiger partial charge is 0.0684 e. The molecule has 0 radical (unpaired) electrons. The maximum atomic E-state index is 8.96. The number of aliphatic hydroxyl groups is 1. The molecule has 0 bridgehead atoms. The van der Waals surface area contributed by atoms with Crippen LogP contribution in [0.4, 0.5) is 0 Å². The first-order valence-corrected chi connectivity index (χ1v) is 4.51. The van der Waals surface area contributed by atoms with Crippen LogP contribution in [0, 0.1) is 0 Å². The maximum absolute atomic E-state index is 8.96. The summed E-state index contributed by atoms with van der Waals surface area (Å²) >= 11 is 0. The lowest BCUT2D eigenvalue weighted by atomic mass is 10.1. The lowest BCUT2D eigenvalue weighted by Crippen LogP contribution is -2.27. The molecule has 3 heteroatoms. The highest BCUT2D eigenvalue weighted by Crippen LogP contribution is 2.21. The minimum Gasteiger partial charge on any atom is -0.394 e. The lowest BCUT2D eigenvalue weighted by molar-refractivity contribution is 0.256. The van der Waals surface area contributed by atoms with Crippen molar-refractivity contribution in [3.05, 3.63) is 24.0 Å². The highest BCUT2D eigenvalue weighted by molar-refractivity contribution is 5.14. The van der Waals surface area contributed by atoms with Crippen molar-refractivity contribution < 1.29 is 5.11 Å². The van der Waals surface area contributed by atoms with Gasteiger partial charge in [-0.15, -0.1) is 0 Å². The first-order valence-electron chi connectivity index (χ1n) is 4.51. The second kappa shape index (κ2) is 3.52. The first kappa shape index (κ1) is 10.3. The highest BCUT2D eigenvalue weighted by atomic mass is 16.3. The van der Waals surface area contributed by atoms with Gasteiger partial charge in [-0.3, -0.25) is 0 Å². The fourth-order valence-corrected chi connectivity index (χ4v) is 1.40. The Labute approximate surface area is 79.2 Å². The molecule has 1 atom stereocenters. The van der Waals surface area contributed by atoms with Crippen molar-refractivity contribution in [1.82, 2.24) is 4.57 Å². The number of aliphatic hydroxyl groups excluding tert-OH is 1. The van der Waals surface area contributed by atoms with Crippen LogP contribution in [0.5, 0.6) is 0 Å². The SMILES string of the molecule is CC(C)(C)n1cccc1[C@H](N)CO. The van der Waals surface area contributed by atoms with Crippen molar-refractivity contribution in [3.8, 4) is 0 Å². The van der Waals surface area contributed by atoms with Gasteiger partial charge >= 0.3 is 0 Å². The van der Waals surface area contributed by atoms with Crippen molar-refractivity contribution >= 4 is 0 Å². The Morgan fingerprint density at radius 2 is 2.15 bits per heavy atom. The van der Waals surface area contributed by atoms with Crippen LogP contribution in [-0.2, 0) is 5.54 Å². The van der Waals surface area contributed by atoms with E-state index in [-0.39, 0.29) is 18.2 Å². The Balaban J connectivity index is 3.03. The van der Waals surface area contributed by atoms with Crippen LogP contribution in [0.1, 0.15) is 32.5 Å². The molecule has 1 aromatic heterocycles. The summed E-state index contributed by atoms with van der Waals surface area (Å²) in [6, 6.07) is 3.62. The molecule has 0 aromatic carbocycles. The van der Waals surface area contributed by atoms with Crippen molar-refractivity contribution in [2.24, 2.45) is 5.73 Å². The molecule has 0 aliphatic carbocycles. The van der Waals surface area contributed by atoms with Crippen molar-refractivity contribution in [3.63, 3.8) is 0 Å². The number of rotatable bonds is 2. The molecule has 0 aliphatic heterocycles. The normalized spacial score (nSPS) is 14.5. The third-order valence-corrected chi connectivity index (χ3v) is 2.08. The van der Waals surface area contributed by atoms with Gasteiger partial charge in [0.2, 0.25) is 0 Å². The molecule has 0 unspecified atom stereocenters. The van der Waals surface area contributed by atoms with Gasteiger partial charge in [0.15, 0.2) is 0 Å². The van der Waals surface area contributed by atoms with Gasteiger partial charge in [-0.25, -0.2) is 0 Å². The van der Waals surface area contributed by atoms with Crippen LogP contribution >= 0.6 is 0 Å². The highest BCUT2D eigenvalue weighted by Gasteiger charge is 2.18. The second-order valence-electron chi connectivity index (χ2n) is 4.26. The predicted octanol–water partition coefficient (Wildman–Crippen LogP) is 1.24. The third-order valence-electron chi connectivity index (χ3n) is 2.08. The van der Waals surface area contributed by atoms with Gasteiger partial charge < -0.3 is 15.4 Å². The number of nitrogens with zero attached hydrogens (tertiary/aromatic N) is 1. The first-order chi connectivity index (χ1) is 5.96. The molecular weight excluding hydrogens is 164 g/mol. The van der Waals surface area contributed by atoms with Crippen LogP contribution in [0.25, 0.3) is 0 Å². The molecule has 3 nitrogen and oxygen atoms in total. The van der Waals surface area contributed by atoms with E-state index in [1.54, 1.807) is 0 Å². The van der Waals surface area contributed by atoms with Crippen LogP contribution in [0.2, 0.25) is 0 Å². The molecule has 1 aromatic rings. The number of hydrogen-bond donors (Lipinski definition) is 2. The average molecular weight is 182 g/mol. The molecular formula is C10H18N2O. The Bertz CT molecular complexity index is 273. The third kappa shape index (κ3) is 2.11. The van der Waals surface area contributed by atoms with E-state index < -0.39 is 0 Å². The summed E-state index contributed by atoms with van der Waals surface area (Å²) in [5.74, 6) is 0. The standard InChI is InChI=1S/C10H18N2O/c1-10(2,3)12-6-4-5-9(12)8(11)7-13/h4-6,8,13H,7,11H2,1-3H3/t8-/m1/s1. The molecule has 0 fully saturated rings. The van der Waals surface area contributed by atoms with Gasteiger partial charge in [-0.1, -0.05) is 0 Å². The zero-order valence-electron chi connectivity index (χ0n) is 8.49. The monoisotopic (exact) mass is 182 g/mol. The van der Waals surface area contributed by atoms with Crippen molar-refractivity contribution in [2.75, 3.05) is 6.61 Å². The van der Waals surface area contributed by atoms with E-state index in [2.05, 4.69) is 25.3 Å². The van der Waals surface area contributed by atoms with Crippen LogP contribution in [0.3, 0.4) is 0 Å². The second-order valence-corrected chi connectivity index (χ2v) is 4.26. The van der Waals surface area contributed by atoms with Gasteiger partial charge in [-0.05, 0) is 32.9 Å². The van der Waals surface area contributed by atoms with E-state index in [9.17, 15) is 0 Å². The van der Waals surface area contributed by atoms with E-state index in [4.69, 9.17) is 10.8 Å². The summed E-state index contributed by atoms with van der Waals surface area (Å²) < 4.78 is 2.09. The van der Waals surface area contributed by atoms with E-state index in [1.165, 1.54) is 0 Å². The predicted molar refractivity (Wildman–Crippen MR) is 53.4 cm³/mol. The Morgan fingerprint density at radius 1 is 1.54 bits per heavy atom. The van der Waals surface area contributed by atoms with Gasteiger partial charge in [0.1, 0.15) is 0 Å². The minimum absolute atomic E-state index is 0.0138. The molecule has 13 heavy (non-hydrogen) atoms. The molecule has 1 rings (SSSR count). The summed E-state index contributed by atoms with van der Waals surface area (Å²) in [5, 5.41) is 8.96. The molecule has 1 heterocycles. The Kier molecular flexibility index (Phi) is 2.78. The summed E-state index contributed by atoms with van der Waals surface area (Å²) in [6.45, 7) is 6.32. The molecule has 0 spiro atoms. The summed E-state index contributed by atoms with van der Waals surface area (Å²) in [5.41, 5.74) is 6.77. The van der Waals surface area contributed by atoms with E-state index in [0.29, 0.717) is 0 Å². The van der Waals surface area contributed by atoms with E-state index >= 15 is 0 Å². The van der Waals surface area contributed by atoms with Gasteiger partial charge in [-0.2, -0.15) is 0 Å². The summed E-state index contributed by atoms with van der Waals surface area (Å²) in [6.07, 6.45) is 1.99. The largest absolute Gasteiger partial charge is 0.394 e. The molecule has 0 amide bonds. The van der Waals surface area contributed by atoms with E-state index in [1.807, 2.05) is 18.3 Å². The average Bonchev–Trinajstić information content (AvgIpc) is 2.49. The molecule has 3 N–H and O–H groups in total.